The molecule has 6 heteroatoms. The highest BCUT2D eigenvalue weighted by molar-refractivity contribution is 9.10. The van der Waals surface area contributed by atoms with E-state index < -0.39 is 6.10 Å². The molecule has 1 saturated heterocycles. The molecule has 1 aliphatic carbocycles. The molecule has 0 bridgehead atoms. The summed E-state index contributed by atoms with van der Waals surface area (Å²) in [4.78, 5) is 17.5. The SMILES string of the molecule is O=C1C(Oc2ccccc2)C(C2=C(Sc3ccc(F)cc3)c3ccccc3CC2)N1c1cccc(Br)c1. The van der Waals surface area contributed by atoms with Gasteiger partial charge in [-0.05, 0) is 84.1 Å². The lowest BCUT2D eigenvalue weighted by Gasteiger charge is -2.49. The predicted molar refractivity (Wildman–Crippen MR) is 150 cm³/mol. The summed E-state index contributed by atoms with van der Waals surface area (Å²) in [6, 6.07) is 32.0. The molecule has 2 unspecified atom stereocenters. The van der Waals surface area contributed by atoms with Gasteiger partial charge in [-0.2, -0.15) is 0 Å². The van der Waals surface area contributed by atoms with Gasteiger partial charge in [0, 0.05) is 20.0 Å². The van der Waals surface area contributed by atoms with Crippen molar-refractivity contribution in [2.45, 2.75) is 29.9 Å². The van der Waals surface area contributed by atoms with Crippen LogP contribution in [0.15, 0.2) is 118 Å². The topological polar surface area (TPSA) is 29.5 Å². The monoisotopic (exact) mass is 571 g/mol. The molecule has 0 saturated carbocycles. The lowest BCUT2D eigenvalue weighted by Crippen LogP contribution is -2.68. The number of para-hydroxylation sites is 1. The maximum absolute atomic E-state index is 13.7. The number of hydrogen-bond acceptors (Lipinski definition) is 3. The first-order valence-corrected chi connectivity index (χ1v) is 13.7. The Balaban J connectivity index is 1.48. The van der Waals surface area contributed by atoms with Crippen LogP contribution in [0.3, 0.4) is 0 Å². The molecule has 4 aromatic rings. The minimum atomic E-state index is -0.634. The lowest BCUT2D eigenvalue weighted by atomic mass is 9.81. The molecule has 0 aromatic heterocycles. The van der Waals surface area contributed by atoms with E-state index in [1.807, 2.05) is 65.6 Å². The number of nitrogens with zero attached hydrogens (tertiary/aromatic N) is 1. The summed E-state index contributed by atoms with van der Waals surface area (Å²) in [5.74, 6) is 0.345. The van der Waals surface area contributed by atoms with Crippen molar-refractivity contribution in [2.24, 2.45) is 0 Å². The van der Waals surface area contributed by atoms with E-state index in [0.717, 1.165) is 43.9 Å². The molecule has 37 heavy (non-hydrogen) atoms. The van der Waals surface area contributed by atoms with Crippen LogP contribution in [0.2, 0.25) is 0 Å². The molecular weight excluding hydrogens is 549 g/mol. The van der Waals surface area contributed by atoms with Crippen LogP contribution in [0.5, 0.6) is 5.75 Å². The van der Waals surface area contributed by atoms with E-state index in [1.165, 1.54) is 17.7 Å². The Morgan fingerprint density at radius 1 is 0.865 bits per heavy atom. The quantitative estimate of drug-likeness (QED) is 0.220. The van der Waals surface area contributed by atoms with Crippen molar-refractivity contribution in [1.29, 1.82) is 0 Å². The number of aryl methyl sites for hydroxylation is 1. The fourth-order valence-corrected chi connectivity index (χ4v) is 6.57. The third-order valence-corrected chi connectivity index (χ3v) is 8.43. The largest absolute Gasteiger partial charge is 0.478 e. The molecule has 4 aromatic carbocycles. The van der Waals surface area contributed by atoms with E-state index >= 15 is 0 Å². The van der Waals surface area contributed by atoms with Gasteiger partial charge in [0.05, 0.1) is 0 Å². The van der Waals surface area contributed by atoms with Crippen molar-refractivity contribution in [3.8, 4) is 5.75 Å². The van der Waals surface area contributed by atoms with E-state index in [1.54, 1.807) is 23.9 Å². The number of fused-ring (bicyclic) bond motifs is 1. The van der Waals surface area contributed by atoms with Gasteiger partial charge in [0.1, 0.15) is 17.6 Å². The molecule has 1 heterocycles. The summed E-state index contributed by atoms with van der Waals surface area (Å²) in [6.07, 6.45) is 1.05. The number of amides is 1. The van der Waals surface area contributed by atoms with Crippen molar-refractivity contribution in [3.05, 3.63) is 130 Å². The van der Waals surface area contributed by atoms with Crippen LogP contribution in [-0.2, 0) is 11.2 Å². The summed E-state index contributed by atoms with van der Waals surface area (Å²) < 4.78 is 20.9. The number of hydrogen-bond donors (Lipinski definition) is 0. The van der Waals surface area contributed by atoms with Gasteiger partial charge in [-0.3, -0.25) is 9.69 Å². The Bertz CT molecular complexity index is 1490. The fourth-order valence-electron chi connectivity index (χ4n) is 5.01. The van der Waals surface area contributed by atoms with Crippen molar-refractivity contribution >= 4 is 44.2 Å². The molecule has 0 radical (unpaired) electrons. The second-order valence-electron chi connectivity index (χ2n) is 9.05. The van der Waals surface area contributed by atoms with Crippen molar-refractivity contribution in [2.75, 3.05) is 4.90 Å². The first-order chi connectivity index (χ1) is 18.1. The first-order valence-electron chi connectivity index (χ1n) is 12.1. The van der Waals surface area contributed by atoms with Gasteiger partial charge in [0.25, 0.3) is 5.91 Å². The van der Waals surface area contributed by atoms with E-state index in [-0.39, 0.29) is 17.8 Å². The maximum Gasteiger partial charge on any atom is 0.271 e. The number of thioether (sulfide) groups is 1. The minimum Gasteiger partial charge on any atom is -0.478 e. The molecule has 6 rings (SSSR count). The van der Waals surface area contributed by atoms with E-state index in [4.69, 9.17) is 4.74 Å². The normalized spacial score (nSPS) is 18.9. The third-order valence-electron chi connectivity index (χ3n) is 6.75. The second kappa shape index (κ2) is 10.2. The molecule has 1 amide bonds. The number of halogens is 2. The van der Waals surface area contributed by atoms with Gasteiger partial charge in [0.2, 0.25) is 6.10 Å². The average molecular weight is 572 g/mol. The van der Waals surface area contributed by atoms with E-state index in [9.17, 15) is 9.18 Å². The highest BCUT2D eigenvalue weighted by atomic mass is 79.9. The molecule has 1 aliphatic heterocycles. The van der Waals surface area contributed by atoms with Gasteiger partial charge >= 0.3 is 0 Å². The fraction of sp³-hybridized carbons (Fsp3) is 0.129. The Morgan fingerprint density at radius 2 is 1.62 bits per heavy atom. The molecular formula is C31H23BrFNO2S. The van der Waals surface area contributed by atoms with Gasteiger partial charge < -0.3 is 4.74 Å². The zero-order valence-electron chi connectivity index (χ0n) is 19.8. The van der Waals surface area contributed by atoms with Gasteiger partial charge in [-0.1, -0.05) is 76.2 Å². The number of carbonyl (C=O) groups is 1. The molecule has 0 N–H and O–H groups in total. The minimum absolute atomic E-state index is 0.0653. The van der Waals surface area contributed by atoms with Gasteiger partial charge in [-0.15, -0.1) is 0 Å². The predicted octanol–water partition coefficient (Wildman–Crippen LogP) is 7.90. The number of benzene rings is 4. The summed E-state index contributed by atoms with van der Waals surface area (Å²) in [5.41, 5.74) is 4.42. The second-order valence-corrected chi connectivity index (χ2v) is 11.1. The Labute approximate surface area is 228 Å². The molecule has 2 aliphatic rings. The summed E-state index contributed by atoms with van der Waals surface area (Å²) in [7, 11) is 0. The Kier molecular flexibility index (Phi) is 6.61. The Hall–Kier alpha value is -3.35. The number of rotatable bonds is 6. The summed E-state index contributed by atoms with van der Waals surface area (Å²) in [5, 5.41) is 0. The maximum atomic E-state index is 13.7. The smallest absolute Gasteiger partial charge is 0.271 e. The van der Waals surface area contributed by atoms with Crippen LogP contribution in [0.4, 0.5) is 10.1 Å². The first kappa shape index (κ1) is 24.0. The van der Waals surface area contributed by atoms with Crippen molar-refractivity contribution < 1.29 is 13.9 Å². The van der Waals surface area contributed by atoms with Crippen LogP contribution < -0.4 is 9.64 Å². The van der Waals surface area contributed by atoms with Crippen LogP contribution in [0.25, 0.3) is 4.91 Å². The molecule has 1 fully saturated rings. The summed E-state index contributed by atoms with van der Waals surface area (Å²) >= 11 is 5.18. The van der Waals surface area contributed by atoms with Gasteiger partial charge in [-0.25, -0.2) is 4.39 Å². The Morgan fingerprint density at radius 3 is 2.41 bits per heavy atom. The number of anilines is 1. The third kappa shape index (κ3) is 4.72. The number of carbonyl (C=O) groups excluding carboxylic acids is 1. The average Bonchev–Trinajstić information content (AvgIpc) is 2.92. The lowest BCUT2D eigenvalue weighted by molar-refractivity contribution is -0.133. The molecule has 2 atom stereocenters. The zero-order chi connectivity index (χ0) is 25.4. The van der Waals surface area contributed by atoms with E-state index in [2.05, 4.69) is 34.1 Å². The van der Waals surface area contributed by atoms with Crippen LogP contribution in [0, 0.1) is 5.82 Å². The van der Waals surface area contributed by atoms with Crippen LogP contribution in [-0.4, -0.2) is 18.1 Å². The molecule has 184 valence electrons. The zero-order valence-corrected chi connectivity index (χ0v) is 22.2. The highest BCUT2D eigenvalue weighted by Crippen LogP contribution is 2.48. The number of β-lactam (4-membered cyclic amide) rings is 1. The molecule has 0 spiro atoms. The molecule has 3 nitrogen and oxygen atoms in total. The van der Waals surface area contributed by atoms with Crippen molar-refractivity contribution in [3.63, 3.8) is 0 Å². The van der Waals surface area contributed by atoms with Crippen LogP contribution in [0.1, 0.15) is 17.5 Å². The van der Waals surface area contributed by atoms with E-state index in [0.29, 0.717) is 5.75 Å². The number of ether oxygens (including phenoxy) is 1. The van der Waals surface area contributed by atoms with Gasteiger partial charge in [0.15, 0.2) is 0 Å². The van der Waals surface area contributed by atoms with Crippen molar-refractivity contribution in [1.82, 2.24) is 0 Å². The standard InChI is InChI=1S/C31H23BrFNO2S/c32-21-8-6-9-23(19-21)34-28(29(31(34)35)36-24-10-2-1-3-11-24)27-18-13-20-7-4-5-12-26(20)30(27)37-25-16-14-22(33)15-17-25/h1-12,14-17,19,28-29H,13,18H2. The summed E-state index contributed by atoms with van der Waals surface area (Å²) in [6.45, 7) is 0. The highest BCUT2D eigenvalue weighted by Gasteiger charge is 2.53. The van der Waals surface area contributed by atoms with Crippen LogP contribution >= 0.6 is 27.7 Å².